The summed E-state index contributed by atoms with van der Waals surface area (Å²) in [5.41, 5.74) is 2.49. The Morgan fingerprint density at radius 3 is 3.24 bits per heavy atom. The van der Waals surface area contributed by atoms with E-state index in [0.29, 0.717) is 0 Å². The van der Waals surface area contributed by atoms with Gasteiger partial charge in [-0.15, -0.1) is 11.8 Å². The molecule has 0 fully saturated rings. The van der Waals surface area contributed by atoms with Gasteiger partial charge in [-0.3, -0.25) is 5.41 Å². The van der Waals surface area contributed by atoms with Crippen molar-refractivity contribution in [1.82, 2.24) is 4.98 Å². The van der Waals surface area contributed by atoms with E-state index in [1.54, 1.807) is 0 Å². The number of nitrogens with zero attached hydrogens (tertiary/aromatic N) is 1. The van der Waals surface area contributed by atoms with Crippen molar-refractivity contribution in [3.63, 3.8) is 0 Å². The van der Waals surface area contributed by atoms with Crippen LogP contribution in [0, 0.1) is 5.41 Å². The number of hydrogen-bond acceptors (Lipinski definition) is 4. The van der Waals surface area contributed by atoms with Gasteiger partial charge in [-0.1, -0.05) is 6.07 Å². The first-order chi connectivity index (χ1) is 8.29. The molecule has 2 N–H and O–H groups in total. The number of aryl methyl sites for hydroxylation is 2. The quantitative estimate of drug-likeness (QED) is 0.637. The van der Waals surface area contributed by atoms with Crippen LogP contribution in [0.4, 0.5) is 5.82 Å². The van der Waals surface area contributed by atoms with Gasteiger partial charge in [0.1, 0.15) is 5.82 Å². The zero-order valence-electron chi connectivity index (χ0n) is 10.3. The standard InChI is InChI=1S/C13H19N3S/c1-17-12(14)6-2-5-11-8-7-10-4-3-9-15-13(10)16-11/h7-8,14H,2-6,9H2,1H3,(H,15,16). The van der Waals surface area contributed by atoms with Gasteiger partial charge in [0.2, 0.25) is 0 Å². The third-order valence-electron chi connectivity index (χ3n) is 3.03. The van der Waals surface area contributed by atoms with Crippen LogP contribution < -0.4 is 5.32 Å². The summed E-state index contributed by atoms with van der Waals surface area (Å²) >= 11 is 1.53. The minimum Gasteiger partial charge on any atom is -0.370 e. The molecule has 0 spiro atoms. The molecule has 4 heteroatoms. The Hall–Kier alpha value is -1.03. The van der Waals surface area contributed by atoms with Crippen molar-refractivity contribution in [2.24, 2.45) is 0 Å². The number of pyridine rings is 1. The number of aromatic nitrogens is 1. The molecule has 0 saturated carbocycles. The molecule has 0 atom stereocenters. The highest BCUT2D eigenvalue weighted by molar-refractivity contribution is 8.13. The van der Waals surface area contributed by atoms with Gasteiger partial charge in [0.25, 0.3) is 0 Å². The van der Waals surface area contributed by atoms with Crippen molar-refractivity contribution in [2.75, 3.05) is 18.1 Å². The van der Waals surface area contributed by atoms with Crippen LogP contribution in [0.15, 0.2) is 12.1 Å². The lowest BCUT2D eigenvalue weighted by Gasteiger charge is -2.17. The second-order valence-electron chi connectivity index (χ2n) is 4.32. The third kappa shape index (κ3) is 3.46. The minimum atomic E-state index is 0.765. The third-order valence-corrected chi connectivity index (χ3v) is 3.73. The Labute approximate surface area is 107 Å². The second kappa shape index (κ2) is 6.05. The first-order valence-corrected chi connectivity index (χ1v) is 7.36. The number of thioether (sulfide) groups is 1. The van der Waals surface area contributed by atoms with Gasteiger partial charge in [0.15, 0.2) is 0 Å². The molecule has 17 heavy (non-hydrogen) atoms. The van der Waals surface area contributed by atoms with Crippen molar-refractivity contribution >= 4 is 22.6 Å². The summed E-state index contributed by atoms with van der Waals surface area (Å²) in [5, 5.41) is 11.7. The fraction of sp³-hybridized carbons (Fsp3) is 0.538. The molecule has 1 aliphatic heterocycles. The molecule has 1 aromatic rings. The van der Waals surface area contributed by atoms with E-state index >= 15 is 0 Å². The van der Waals surface area contributed by atoms with E-state index < -0.39 is 0 Å². The Kier molecular flexibility index (Phi) is 4.42. The Balaban J connectivity index is 1.91. The summed E-state index contributed by atoms with van der Waals surface area (Å²) in [6, 6.07) is 4.33. The number of rotatable bonds is 4. The fourth-order valence-electron chi connectivity index (χ4n) is 2.04. The molecule has 0 unspecified atom stereocenters. The van der Waals surface area contributed by atoms with Crippen LogP contribution in [0.3, 0.4) is 0 Å². The number of fused-ring (bicyclic) bond motifs is 1. The van der Waals surface area contributed by atoms with Crippen LogP contribution in [-0.2, 0) is 12.8 Å². The van der Waals surface area contributed by atoms with Crippen LogP contribution >= 0.6 is 11.8 Å². The van der Waals surface area contributed by atoms with Gasteiger partial charge in [-0.2, -0.15) is 0 Å². The highest BCUT2D eigenvalue weighted by Gasteiger charge is 2.10. The van der Waals surface area contributed by atoms with Gasteiger partial charge in [0.05, 0.1) is 5.04 Å². The molecule has 0 amide bonds. The average molecular weight is 249 g/mol. The van der Waals surface area contributed by atoms with Gasteiger partial charge in [-0.25, -0.2) is 4.98 Å². The van der Waals surface area contributed by atoms with E-state index in [1.165, 1.54) is 23.7 Å². The monoisotopic (exact) mass is 249 g/mol. The van der Waals surface area contributed by atoms with Crippen LogP contribution in [0.1, 0.15) is 30.5 Å². The number of hydrogen-bond donors (Lipinski definition) is 2. The van der Waals surface area contributed by atoms with Crippen LogP contribution in [-0.4, -0.2) is 22.8 Å². The summed E-state index contributed by atoms with van der Waals surface area (Å²) in [6.07, 6.45) is 7.17. The summed E-state index contributed by atoms with van der Waals surface area (Å²) < 4.78 is 0. The van der Waals surface area contributed by atoms with E-state index in [-0.39, 0.29) is 0 Å². The molecule has 1 aromatic heterocycles. The normalized spacial score (nSPS) is 13.9. The summed E-state index contributed by atoms with van der Waals surface area (Å²) in [6.45, 7) is 1.04. The molecule has 0 radical (unpaired) electrons. The largest absolute Gasteiger partial charge is 0.370 e. The van der Waals surface area contributed by atoms with Crippen molar-refractivity contribution in [1.29, 1.82) is 5.41 Å². The predicted molar refractivity (Wildman–Crippen MR) is 75.2 cm³/mol. The first kappa shape index (κ1) is 12.4. The second-order valence-corrected chi connectivity index (χ2v) is 5.22. The molecule has 0 saturated heterocycles. The van der Waals surface area contributed by atoms with Crippen LogP contribution in [0.5, 0.6) is 0 Å². The summed E-state index contributed by atoms with van der Waals surface area (Å²) in [7, 11) is 0. The number of nitrogens with one attached hydrogen (secondary N) is 2. The molecule has 0 aliphatic carbocycles. The smallest absolute Gasteiger partial charge is 0.129 e. The maximum atomic E-state index is 7.58. The van der Waals surface area contributed by atoms with E-state index in [4.69, 9.17) is 5.41 Å². The highest BCUT2D eigenvalue weighted by atomic mass is 32.2. The minimum absolute atomic E-state index is 0.765. The lowest BCUT2D eigenvalue weighted by Crippen LogP contribution is -2.14. The first-order valence-electron chi connectivity index (χ1n) is 6.13. The molecular formula is C13H19N3S. The van der Waals surface area contributed by atoms with Crippen LogP contribution in [0.2, 0.25) is 0 Å². The van der Waals surface area contributed by atoms with E-state index in [9.17, 15) is 0 Å². The molecule has 92 valence electrons. The van der Waals surface area contributed by atoms with E-state index in [2.05, 4.69) is 22.4 Å². The van der Waals surface area contributed by atoms with Gasteiger partial charge in [-0.05, 0) is 50.0 Å². The maximum absolute atomic E-state index is 7.58. The molecule has 2 heterocycles. The van der Waals surface area contributed by atoms with Gasteiger partial charge < -0.3 is 5.32 Å². The Morgan fingerprint density at radius 1 is 1.53 bits per heavy atom. The fourth-order valence-corrected chi connectivity index (χ4v) is 2.39. The molecule has 0 bridgehead atoms. The molecular weight excluding hydrogens is 230 g/mol. The van der Waals surface area contributed by atoms with E-state index in [0.717, 1.165) is 48.8 Å². The topological polar surface area (TPSA) is 48.8 Å². The van der Waals surface area contributed by atoms with Gasteiger partial charge >= 0.3 is 0 Å². The van der Waals surface area contributed by atoms with Gasteiger partial charge in [0, 0.05) is 12.2 Å². The Bertz CT molecular complexity index is 404. The van der Waals surface area contributed by atoms with Crippen molar-refractivity contribution in [3.8, 4) is 0 Å². The molecule has 2 rings (SSSR count). The lowest BCUT2D eigenvalue weighted by atomic mass is 10.1. The molecule has 3 nitrogen and oxygen atoms in total. The average Bonchev–Trinajstić information content (AvgIpc) is 2.38. The molecule has 1 aliphatic rings. The number of anilines is 1. The van der Waals surface area contributed by atoms with E-state index in [1.807, 2.05) is 6.26 Å². The zero-order valence-corrected chi connectivity index (χ0v) is 11.1. The summed E-state index contributed by atoms with van der Waals surface area (Å²) in [5.74, 6) is 1.08. The lowest BCUT2D eigenvalue weighted by molar-refractivity contribution is 0.795. The summed E-state index contributed by atoms with van der Waals surface area (Å²) in [4.78, 5) is 4.65. The Morgan fingerprint density at radius 2 is 2.41 bits per heavy atom. The maximum Gasteiger partial charge on any atom is 0.129 e. The molecule has 0 aromatic carbocycles. The predicted octanol–water partition coefficient (Wildman–Crippen LogP) is 3.10. The SMILES string of the molecule is CSC(=N)CCCc1ccc2c(n1)NCCC2. The van der Waals surface area contributed by atoms with Crippen LogP contribution in [0.25, 0.3) is 0 Å². The van der Waals surface area contributed by atoms with Crippen molar-refractivity contribution in [2.45, 2.75) is 32.1 Å². The highest BCUT2D eigenvalue weighted by Crippen LogP contribution is 2.20. The van der Waals surface area contributed by atoms with Crippen molar-refractivity contribution in [3.05, 3.63) is 23.4 Å². The van der Waals surface area contributed by atoms with Crippen molar-refractivity contribution < 1.29 is 0 Å². The zero-order chi connectivity index (χ0) is 12.1.